The summed E-state index contributed by atoms with van der Waals surface area (Å²) in [6, 6.07) is 1.92. The van der Waals surface area contributed by atoms with Crippen molar-refractivity contribution in [1.82, 2.24) is 4.98 Å². The average Bonchev–Trinajstić information content (AvgIpc) is 2.93. The number of thiophene rings is 1. The van der Waals surface area contributed by atoms with E-state index in [0.717, 1.165) is 17.7 Å². The summed E-state index contributed by atoms with van der Waals surface area (Å²) in [7, 11) is 0. The normalized spacial score (nSPS) is 16.6. The topological polar surface area (TPSA) is 59.1 Å². The number of amides is 1. The fourth-order valence-corrected chi connectivity index (χ4v) is 4.27. The Kier molecular flexibility index (Phi) is 3.45. The molecule has 0 saturated carbocycles. The Morgan fingerprint density at radius 1 is 1.38 bits per heavy atom. The van der Waals surface area contributed by atoms with Gasteiger partial charge in [-0.3, -0.25) is 14.9 Å². The molecule has 0 radical (unpaired) electrons. The van der Waals surface area contributed by atoms with E-state index >= 15 is 0 Å². The molecule has 21 heavy (non-hydrogen) atoms. The summed E-state index contributed by atoms with van der Waals surface area (Å²) in [5.74, 6) is -0.0214. The van der Waals surface area contributed by atoms with Crippen LogP contribution in [0.1, 0.15) is 50.9 Å². The molecule has 2 aromatic rings. The molecule has 0 aliphatic heterocycles. The van der Waals surface area contributed by atoms with Gasteiger partial charge in [0.2, 0.25) is 0 Å². The molecule has 0 aromatic carbocycles. The van der Waals surface area contributed by atoms with E-state index in [1.165, 1.54) is 22.7 Å². The predicted octanol–water partition coefficient (Wildman–Crippen LogP) is 3.92. The summed E-state index contributed by atoms with van der Waals surface area (Å²) in [4.78, 5) is 30.2. The zero-order valence-electron chi connectivity index (χ0n) is 12.1. The van der Waals surface area contributed by atoms with E-state index in [4.69, 9.17) is 0 Å². The van der Waals surface area contributed by atoms with Gasteiger partial charge in [0.05, 0.1) is 15.4 Å². The number of fused-ring (bicyclic) bond motifs is 1. The molecule has 0 saturated heterocycles. The van der Waals surface area contributed by atoms with Gasteiger partial charge in [0.25, 0.3) is 5.91 Å². The van der Waals surface area contributed by atoms with Crippen LogP contribution in [-0.4, -0.2) is 16.7 Å². The van der Waals surface area contributed by atoms with Crippen molar-refractivity contribution >= 4 is 39.5 Å². The smallest absolute Gasteiger partial charge is 0.267 e. The first kappa shape index (κ1) is 14.4. The Morgan fingerprint density at radius 2 is 2.14 bits per heavy atom. The number of aryl methyl sites for hydroxylation is 1. The molecular weight excluding hydrogens is 304 g/mol. The van der Waals surface area contributed by atoms with Crippen LogP contribution in [0.4, 0.5) is 5.13 Å². The Balaban J connectivity index is 1.84. The molecule has 3 rings (SSSR count). The zero-order chi connectivity index (χ0) is 15.2. The number of rotatable bonds is 2. The van der Waals surface area contributed by atoms with E-state index in [2.05, 4.69) is 24.1 Å². The van der Waals surface area contributed by atoms with Crippen molar-refractivity contribution in [2.75, 3.05) is 5.32 Å². The van der Waals surface area contributed by atoms with Gasteiger partial charge in [0.15, 0.2) is 10.9 Å². The number of ketones is 1. The third kappa shape index (κ3) is 2.78. The van der Waals surface area contributed by atoms with E-state index in [1.54, 1.807) is 0 Å². The van der Waals surface area contributed by atoms with Gasteiger partial charge in [0, 0.05) is 6.42 Å². The molecule has 2 heterocycles. The van der Waals surface area contributed by atoms with Crippen molar-refractivity contribution in [1.29, 1.82) is 0 Å². The molecule has 1 amide bonds. The third-order valence-corrected chi connectivity index (χ3v) is 5.59. The van der Waals surface area contributed by atoms with Crippen molar-refractivity contribution < 1.29 is 9.59 Å². The number of carbonyl (C=O) groups is 2. The number of hydrogen-bond donors (Lipinski definition) is 1. The summed E-state index contributed by atoms with van der Waals surface area (Å²) in [5.41, 5.74) is 1.72. The van der Waals surface area contributed by atoms with Crippen LogP contribution in [0.5, 0.6) is 0 Å². The largest absolute Gasteiger partial charge is 0.297 e. The van der Waals surface area contributed by atoms with Gasteiger partial charge >= 0.3 is 0 Å². The van der Waals surface area contributed by atoms with Crippen molar-refractivity contribution in [2.24, 2.45) is 5.41 Å². The van der Waals surface area contributed by atoms with Crippen LogP contribution in [0.25, 0.3) is 0 Å². The third-order valence-electron chi connectivity index (χ3n) is 3.52. The van der Waals surface area contributed by atoms with Crippen LogP contribution in [-0.2, 0) is 6.42 Å². The summed E-state index contributed by atoms with van der Waals surface area (Å²) in [5, 5.41) is 5.23. The number of nitrogens with one attached hydrogen (secondary N) is 1. The Labute approximate surface area is 131 Å². The van der Waals surface area contributed by atoms with Crippen LogP contribution in [0, 0.1) is 12.3 Å². The van der Waals surface area contributed by atoms with Gasteiger partial charge in [-0.15, -0.1) is 11.3 Å². The molecule has 1 N–H and O–H groups in total. The fourth-order valence-electron chi connectivity index (χ4n) is 2.53. The quantitative estimate of drug-likeness (QED) is 0.912. The summed E-state index contributed by atoms with van der Waals surface area (Å²) in [6.45, 7) is 6.05. The SMILES string of the molecule is Cc1ccsc1C(=O)Nc1nc2c(s1)C(=O)CC(C)(C)C2. The van der Waals surface area contributed by atoms with E-state index in [9.17, 15) is 9.59 Å². The highest BCUT2D eigenvalue weighted by molar-refractivity contribution is 7.18. The lowest BCUT2D eigenvalue weighted by atomic mass is 9.78. The predicted molar refractivity (Wildman–Crippen MR) is 85.6 cm³/mol. The number of Topliss-reactive ketones (excluding diaryl/α,β-unsaturated/α-hetero) is 1. The van der Waals surface area contributed by atoms with Crippen LogP contribution in [0.3, 0.4) is 0 Å². The lowest BCUT2D eigenvalue weighted by Crippen LogP contribution is -2.26. The van der Waals surface area contributed by atoms with Crippen molar-refractivity contribution in [2.45, 2.75) is 33.6 Å². The number of anilines is 1. The highest BCUT2D eigenvalue weighted by Gasteiger charge is 2.34. The molecule has 0 fully saturated rings. The highest BCUT2D eigenvalue weighted by Crippen LogP contribution is 2.38. The summed E-state index contributed by atoms with van der Waals surface area (Å²) in [6.07, 6.45) is 1.32. The van der Waals surface area contributed by atoms with Crippen LogP contribution >= 0.6 is 22.7 Å². The minimum atomic E-state index is -0.152. The van der Waals surface area contributed by atoms with Crippen LogP contribution in [0.15, 0.2) is 11.4 Å². The first-order valence-corrected chi connectivity index (χ1v) is 8.44. The maximum absolute atomic E-state index is 12.2. The molecule has 110 valence electrons. The maximum Gasteiger partial charge on any atom is 0.267 e. The minimum absolute atomic E-state index is 0.0518. The maximum atomic E-state index is 12.2. The number of hydrogen-bond acceptors (Lipinski definition) is 5. The number of thiazole rings is 1. The number of aromatic nitrogens is 1. The monoisotopic (exact) mass is 320 g/mol. The van der Waals surface area contributed by atoms with Crippen molar-refractivity contribution in [3.63, 3.8) is 0 Å². The van der Waals surface area contributed by atoms with Gasteiger partial charge in [-0.25, -0.2) is 4.98 Å². The number of carbonyl (C=O) groups excluding carboxylic acids is 2. The van der Waals surface area contributed by atoms with Gasteiger partial charge < -0.3 is 0 Å². The lowest BCUT2D eigenvalue weighted by Gasteiger charge is -2.26. The molecule has 6 heteroatoms. The van der Waals surface area contributed by atoms with E-state index in [1.807, 2.05) is 18.4 Å². The van der Waals surface area contributed by atoms with Crippen molar-refractivity contribution in [3.8, 4) is 0 Å². The molecule has 0 spiro atoms. The van der Waals surface area contributed by atoms with E-state index in [-0.39, 0.29) is 17.1 Å². The van der Waals surface area contributed by atoms with E-state index in [0.29, 0.717) is 21.3 Å². The number of nitrogens with zero attached hydrogens (tertiary/aromatic N) is 1. The fraction of sp³-hybridized carbons (Fsp3) is 0.400. The van der Waals surface area contributed by atoms with Gasteiger partial charge in [-0.2, -0.15) is 0 Å². The average molecular weight is 320 g/mol. The van der Waals surface area contributed by atoms with Gasteiger partial charge in [-0.05, 0) is 35.8 Å². The molecular formula is C15H16N2O2S2. The van der Waals surface area contributed by atoms with Gasteiger partial charge in [-0.1, -0.05) is 25.2 Å². The lowest BCUT2D eigenvalue weighted by molar-refractivity contribution is 0.0915. The van der Waals surface area contributed by atoms with Crippen LogP contribution in [0.2, 0.25) is 0 Å². The highest BCUT2D eigenvalue weighted by atomic mass is 32.1. The first-order valence-electron chi connectivity index (χ1n) is 6.74. The molecule has 2 aromatic heterocycles. The molecule has 0 atom stereocenters. The second-order valence-corrected chi connectivity index (χ2v) is 8.04. The molecule has 1 aliphatic rings. The Morgan fingerprint density at radius 3 is 2.81 bits per heavy atom. The minimum Gasteiger partial charge on any atom is -0.297 e. The van der Waals surface area contributed by atoms with Crippen LogP contribution < -0.4 is 5.32 Å². The summed E-state index contributed by atoms with van der Waals surface area (Å²) >= 11 is 2.70. The Bertz CT molecular complexity index is 728. The zero-order valence-corrected chi connectivity index (χ0v) is 13.8. The second kappa shape index (κ2) is 5.03. The van der Waals surface area contributed by atoms with Crippen molar-refractivity contribution in [3.05, 3.63) is 32.5 Å². The molecule has 1 aliphatic carbocycles. The molecule has 0 unspecified atom stereocenters. The van der Waals surface area contributed by atoms with Gasteiger partial charge in [0.1, 0.15) is 0 Å². The summed E-state index contributed by atoms with van der Waals surface area (Å²) < 4.78 is 0. The van der Waals surface area contributed by atoms with E-state index < -0.39 is 0 Å². The Hall–Kier alpha value is -1.53. The second-order valence-electron chi connectivity index (χ2n) is 6.12. The standard InChI is InChI=1S/C15H16N2O2S2/c1-8-4-5-20-11(8)13(19)17-14-16-9-6-15(2,3)7-10(18)12(9)21-14/h4-5H,6-7H2,1-3H3,(H,16,17,19). The molecule has 0 bridgehead atoms. The first-order chi connectivity index (χ1) is 9.85. The molecule has 4 nitrogen and oxygen atoms in total.